The molecular formula is C14H12N2O2. The smallest absolute Gasteiger partial charge is 0.198 e. The molecule has 0 fully saturated rings. The lowest BCUT2D eigenvalue weighted by molar-refractivity contribution is 0.392. The Morgan fingerprint density at radius 2 is 1.89 bits per heavy atom. The van der Waals surface area contributed by atoms with Crippen LogP contribution < -0.4 is 4.74 Å². The van der Waals surface area contributed by atoms with Crippen molar-refractivity contribution in [2.75, 3.05) is 7.11 Å². The van der Waals surface area contributed by atoms with E-state index in [1.165, 1.54) is 0 Å². The monoisotopic (exact) mass is 240 g/mol. The standard InChI is InChI=1S/C14H12N2O2/c1-18-14-4-2-3-13-15-12(9-16(13)14)10-5-7-11(17)8-6-10/h2-9,17H,1H3. The van der Waals surface area contributed by atoms with E-state index in [9.17, 15) is 5.11 Å². The number of phenols is 1. The minimum atomic E-state index is 0.250. The zero-order chi connectivity index (χ0) is 12.5. The van der Waals surface area contributed by atoms with Crippen molar-refractivity contribution in [2.24, 2.45) is 0 Å². The van der Waals surface area contributed by atoms with E-state index in [1.807, 2.05) is 40.9 Å². The molecule has 0 saturated heterocycles. The lowest BCUT2D eigenvalue weighted by Crippen LogP contribution is -1.91. The Bertz CT molecular complexity index is 687. The number of rotatable bonds is 2. The van der Waals surface area contributed by atoms with Crippen LogP contribution in [-0.2, 0) is 0 Å². The summed E-state index contributed by atoms with van der Waals surface area (Å²) >= 11 is 0. The Labute approximate surface area is 104 Å². The van der Waals surface area contributed by atoms with Crippen molar-refractivity contribution in [3.8, 4) is 22.9 Å². The van der Waals surface area contributed by atoms with Crippen molar-refractivity contribution in [1.29, 1.82) is 0 Å². The molecule has 4 nitrogen and oxygen atoms in total. The van der Waals surface area contributed by atoms with Crippen molar-refractivity contribution in [3.63, 3.8) is 0 Å². The van der Waals surface area contributed by atoms with Gasteiger partial charge in [0.05, 0.1) is 12.8 Å². The van der Waals surface area contributed by atoms with Crippen molar-refractivity contribution < 1.29 is 9.84 Å². The molecule has 0 spiro atoms. The maximum Gasteiger partial charge on any atom is 0.198 e. The first-order chi connectivity index (χ1) is 8.78. The molecule has 3 aromatic rings. The molecule has 3 rings (SSSR count). The van der Waals surface area contributed by atoms with Gasteiger partial charge in [-0.3, -0.25) is 4.40 Å². The van der Waals surface area contributed by atoms with Crippen LogP contribution in [0.3, 0.4) is 0 Å². The van der Waals surface area contributed by atoms with Crippen molar-refractivity contribution >= 4 is 5.65 Å². The van der Waals surface area contributed by atoms with Crippen LogP contribution in [0.1, 0.15) is 0 Å². The van der Waals surface area contributed by atoms with Crippen LogP contribution in [0, 0.1) is 0 Å². The largest absolute Gasteiger partial charge is 0.508 e. The Balaban J connectivity index is 2.16. The molecule has 0 aliphatic carbocycles. The minimum absolute atomic E-state index is 0.250. The molecule has 90 valence electrons. The summed E-state index contributed by atoms with van der Waals surface area (Å²) in [6.45, 7) is 0. The molecule has 1 aromatic carbocycles. The van der Waals surface area contributed by atoms with E-state index in [-0.39, 0.29) is 5.75 Å². The molecule has 2 aromatic heterocycles. The summed E-state index contributed by atoms with van der Waals surface area (Å²) in [6, 6.07) is 12.7. The highest BCUT2D eigenvalue weighted by molar-refractivity contribution is 5.63. The summed E-state index contributed by atoms with van der Waals surface area (Å²) in [5.41, 5.74) is 2.63. The Kier molecular flexibility index (Phi) is 2.41. The number of nitrogens with zero attached hydrogens (tertiary/aromatic N) is 2. The molecule has 0 atom stereocenters. The minimum Gasteiger partial charge on any atom is -0.508 e. The number of phenolic OH excluding ortho intramolecular Hbond substituents is 1. The Morgan fingerprint density at radius 1 is 1.11 bits per heavy atom. The predicted octanol–water partition coefficient (Wildman–Crippen LogP) is 2.72. The van der Waals surface area contributed by atoms with Crippen LogP contribution in [0.4, 0.5) is 0 Å². The van der Waals surface area contributed by atoms with Gasteiger partial charge in [0.1, 0.15) is 11.4 Å². The number of aromatic nitrogens is 2. The maximum absolute atomic E-state index is 9.28. The molecule has 0 radical (unpaired) electrons. The topological polar surface area (TPSA) is 46.8 Å². The molecular weight excluding hydrogens is 228 g/mol. The van der Waals surface area contributed by atoms with Crippen LogP contribution in [-0.4, -0.2) is 21.6 Å². The molecule has 1 N–H and O–H groups in total. The number of benzene rings is 1. The van der Waals surface area contributed by atoms with Gasteiger partial charge < -0.3 is 9.84 Å². The van der Waals surface area contributed by atoms with Gasteiger partial charge in [-0.05, 0) is 36.4 Å². The van der Waals surface area contributed by atoms with Gasteiger partial charge in [-0.25, -0.2) is 4.98 Å². The van der Waals surface area contributed by atoms with Crippen molar-refractivity contribution in [1.82, 2.24) is 9.38 Å². The van der Waals surface area contributed by atoms with E-state index < -0.39 is 0 Å². The van der Waals surface area contributed by atoms with E-state index in [0.29, 0.717) is 0 Å². The first-order valence-electron chi connectivity index (χ1n) is 5.59. The molecule has 4 heteroatoms. The fourth-order valence-corrected chi connectivity index (χ4v) is 1.92. The lowest BCUT2D eigenvalue weighted by atomic mass is 10.2. The van der Waals surface area contributed by atoms with Gasteiger partial charge in [0.2, 0.25) is 0 Å². The molecule has 0 bridgehead atoms. The number of methoxy groups -OCH3 is 1. The normalized spacial score (nSPS) is 10.7. The van der Waals surface area contributed by atoms with Gasteiger partial charge in [-0.2, -0.15) is 0 Å². The van der Waals surface area contributed by atoms with Gasteiger partial charge in [0, 0.05) is 11.8 Å². The van der Waals surface area contributed by atoms with E-state index in [2.05, 4.69) is 4.98 Å². The third-order valence-electron chi connectivity index (χ3n) is 2.83. The highest BCUT2D eigenvalue weighted by atomic mass is 16.5. The highest BCUT2D eigenvalue weighted by Crippen LogP contribution is 2.23. The van der Waals surface area contributed by atoms with E-state index in [0.717, 1.165) is 22.8 Å². The average Bonchev–Trinajstić information content (AvgIpc) is 2.83. The molecule has 0 unspecified atom stereocenters. The molecule has 0 aliphatic heterocycles. The summed E-state index contributed by atoms with van der Waals surface area (Å²) in [5.74, 6) is 0.991. The molecule has 0 aliphatic rings. The zero-order valence-corrected chi connectivity index (χ0v) is 9.87. The third kappa shape index (κ3) is 1.68. The molecule has 0 amide bonds. The quantitative estimate of drug-likeness (QED) is 0.749. The van der Waals surface area contributed by atoms with Gasteiger partial charge in [-0.1, -0.05) is 6.07 Å². The Hall–Kier alpha value is -2.49. The lowest BCUT2D eigenvalue weighted by Gasteiger charge is -2.01. The molecule has 18 heavy (non-hydrogen) atoms. The summed E-state index contributed by atoms with van der Waals surface area (Å²) in [6.07, 6.45) is 1.92. The second-order valence-corrected chi connectivity index (χ2v) is 3.97. The number of pyridine rings is 1. The Morgan fingerprint density at radius 3 is 2.61 bits per heavy atom. The number of aromatic hydroxyl groups is 1. The second-order valence-electron chi connectivity index (χ2n) is 3.97. The number of imidazole rings is 1. The van der Waals surface area contributed by atoms with Crippen LogP contribution in [0.2, 0.25) is 0 Å². The number of fused-ring (bicyclic) bond motifs is 1. The van der Waals surface area contributed by atoms with Crippen molar-refractivity contribution in [3.05, 3.63) is 48.7 Å². The SMILES string of the molecule is COc1cccc2nc(-c3ccc(O)cc3)cn12. The maximum atomic E-state index is 9.28. The van der Waals surface area contributed by atoms with Crippen molar-refractivity contribution in [2.45, 2.75) is 0 Å². The molecule has 2 heterocycles. The number of hydrogen-bond acceptors (Lipinski definition) is 3. The fraction of sp³-hybridized carbons (Fsp3) is 0.0714. The first-order valence-corrected chi connectivity index (χ1v) is 5.59. The van der Waals surface area contributed by atoms with Gasteiger partial charge >= 0.3 is 0 Å². The summed E-state index contributed by atoms with van der Waals surface area (Å²) in [5, 5.41) is 9.28. The van der Waals surface area contributed by atoms with E-state index in [4.69, 9.17) is 4.74 Å². The average molecular weight is 240 g/mol. The van der Waals surface area contributed by atoms with Gasteiger partial charge in [-0.15, -0.1) is 0 Å². The summed E-state index contributed by atoms with van der Waals surface area (Å²) in [7, 11) is 1.63. The summed E-state index contributed by atoms with van der Waals surface area (Å²) in [4.78, 5) is 4.52. The van der Waals surface area contributed by atoms with E-state index >= 15 is 0 Å². The van der Waals surface area contributed by atoms with Gasteiger partial charge in [0.15, 0.2) is 5.88 Å². The third-order valence-corrected chi connectivity index (χ3v) is 2.83. The first kappa shape index (κ1) is 10.7. The summed E-state index contributed by atoms with van der Waals surface area (Å²) < 4.78 is 7.17. The fourth-order valence-electron chi connectivity index (χ4n) is 1.92. The van der Waals surface area contributed by atoms with Crippen LogP contribution in [0.15, 0.2) is 48.7 Å². The van der Waals surface area contributed by atoms with Crippen LogP contribution in [0.5, 0.6) is 11.6 Å². The number of hydrogen-bond donors (Lipinski definition) is 1. The van der Waals surface area contributed by atoms with Crippen LogP contribution in [0.25, 0.3) is 16.9 Å². The van der Waals surface area contributed by atoms with Crippen LogP contribution >= 0.6 is 0 Å². The molecule has 0 saturated carbocycles. The zero-order valence-electron chi connectivity index (χ0n) is 9.87. The predicted molar refractivity (Wildman–Crippen MR) is 68.8 cm³/mol. The number of ether oxygens (including phenoxy) is 1. The van der Waals surface area contributed by atoms with Gasteiger partial charge in [0.25, 0.3) is 0 Å². The second kappa shape index (κ2) is 4.07. The highest BCUT2D eigenvalue weighted by Gasteiger charge is 2.06. The van der Waals surface area contributed by atoms with E-state index in [1.54, 1.807) is 19.2 Å².